The molecule has 1 aliphatic rings. The lowest BCUT2D eigenvalue weighted by Gasteiger charge is -2.16. The third kappa shape index (κ3) is 2.76. The zero-order chi connectivity index (χ0) is 17.1. The van der Waals surface area contributed by atoms with E-state index in [1.165, 1.54) is 12.0 Å². The minimum absolute atomic E-state index is 0.422. The number of pyridine rings is 1. The number of fused-ring (bicyclic) bond motifs is 1. The van der Waals surface area contributed by atoms with Gasteiger partial charge in [-0.3, -0.25) is 5.73 Å². The first-order valence-corrected chi connectivity index (χ1v) is 8.18. The number of aromatic nitrogens is 1. The number of aryl methyl sites for hydroxylation is 1. The molecule has 1 aliphatic carbocycles. The van der Waals surface area contributed by atoms with E-state index < -0.39 is 0 Å². The highest BCUT2D eigenvalue weighted by molar-refractivity contribution is 5.82. The van der Waals surface area contributed by atoms with Crippen LogP contribution >= 0.6 is 0 Å². The molecule has 1 aromatic heterocycles. The minimum Gasteiger partial charge on any atom is -0.497 e. The van der Waals surface area contributed by atoms with E-state index in [-0.39, 0.29) is 0 Å². The van der Waals surface area contributed by atoms with E-state index in [1.54, 1.807) is 14.2 Å². The van der Waals surface area contributed by atoms with Crippen LogP contribution in [-0.4, -0.2) is 14.2 Å². The summed E-state index contributed by atoms with van der Waals surface area (Å²) in [5.74, 6) is 1.82. The molecule has 0 saturated carbocycles. The summed E-state index contributed by atoms with van der Waals surface area (Å²) >= 11 is 0. The summed E-state index contributed by atoms with van der Waals surface area (Å²) in [6.07, 6.45) is 5.32. The highest BCUT2D eigenvalue weighted by Crippen LogP contribution is 2.40. The highest BCUT2D eigenvalue weighted by Gasteiger charge is 2.26. The van der Waals surface area contributed by atoms with Crippen molar-refractivity contribution in [3.63, 3.8) is 0 Å². The zero-order valence-corrected chi connectivity index (χ0v) is 14.1. The number of nitrogens with one attached hydrogen (secondary N) is 1. The number of methoxy groups -OCH3 is 2. The van der Waals surface area contributed by atoms with E-state index in [4.69, 9.17) is 15.2 Å². The maximum Gasteiger partial charge on any atom is 0.289 e. The van der Waals surface area contributed by atoms with Crippen molar-refractivity contribution >= 4 is 5.82 Å². The van der Waals surface area contributed by atoms with Crippen molar-refractivity contribution in [2.75, 3.05) is 20.0 Å². The second-order valence-corrected chi connectivity index (χ2v) is 5.98. The Balaban J connectivity index is 2.31. The van der Waals surface area contributed by atoms with Crippen molar-refractivity contribution in [2.24, 2.45) is 0 Å². The second-order valence-electron chi connectivity index (χ2n) is 5.98. The van der Waals surface area contributed by atoms with Crippen molar-refractivity contribution in [2.45, 2.75) is 32.1 Å². The quantitative estimate of drug-likeness (QED) is 0.880. The van der Waals surface area contributed by atoms with Gasteiger partial charge in [-0.25, -0.2) is 4.98 Å². The van der Waals surface area contributed by atoms with Gasteiger partial charge in [-0.2, -0.15) is 5.26 Å². The normalized spacial score (nSPS) is 13.5. The Morgan fingerprint density at radius 2 is 1.92 bits per heavy atom. The molecule has 1 heterocycles. The molecule has 24 heavy (non-hydrogen) atoms. The van der Waals surface area contributed by atoms with Gasteiger partial charge in [-0.05, 0) is 31.4 Å². The average molecular weight is 324 g/mol. The third-order valence-electron chi connectivity index (χ3n) is 4.61. The molecule has 3 rings (SSSR count). The van der Waals surface area contributed by atoms with Gasteiger partial charge in [-0.1, -0.05) is 6.42 Å². The summed E-state index contributed by atoms with van der Waals surface area (Å²) in [6.45, 7) is 0. The fraction of sp³-hybridized carbons (Fsp3) is 0.368. The van der Waals surface area contributed by atoms with E-state index >= 15 is 0 Å². The van der Waals surface area contributed by atoms with Crippen LogP contribution in [0.3, 0.4) is 0 Å². The van der Waals surface area contributed by atoms with Gasteiger partial charge in [0.25, 0.3) is 5.82 Å². The number of hydrogen-bond acceptors (Lipinski definition) is 4. The topological polar surface area (TPSA) is 82.4 Å². The molecular weight excluding hydrogens is 302 g/mol. The number of nitrogen functional groups attached to an aromatic ring is 1. The number of hydrogen-bond donors (Lipinski definition) is 1. The minimum atomic E-state index is 0.422. The molecule has 1 aromatic carbocycles. The molecule has 0 unspecified atom stereocenters. The van der Waals surface area contributed by atoms with Gasteiger partial charge >= 0.3 is 0 Å². The summed E-state index contributed by atoms with van der Waals surface area (Å²) in [5, 5.41) is 9.68. The number of H-pyrrole nitrogens is 1. The van der Waals surface area contributed by atoms with E-state index in [0.29, 0.717) is 17.1 Å². The van der Waals surface area contributed by atoms with Crippen LogP contribution in [0.2, 0.25) is 0 Å². The Kier molecular flexibility index (Phi) is 4.57. The first-order chi connectivity index (χ1) is 11.7. The van der Waals surface area contributed by atoms with Crippen LogP contribution in [0.4, 0.5) is 5.82 Å². The van der Waals surface area contributed by atoms with Crippen LogP contribution in [0.5, 0.6) is 11.5 Å². The van der Waals surface area contributed by atoms with Gasteiger partial charge in [-0.15, -0.1) is 0 Å². The second kappa shape index (κ2) is 6.79. The molecule has 0 amide bonds. The van der Waals surface area contributed by atoms with Gasteiger partial charge in [0.05, 0.1) is 14.2 Å². The molecule has 0 spiro atoms. The Labute approximate surface area is 142 Å². The predicted molar refractivity (Wildman–Crippen MR) is 91.9 cm³/mol. The first kappa shape index (κ1) is 16.1. The van der Waals surface area contributed by atoms with Gasteiger partial charge in [0.2, 0.25) is 0 Å². The SMILES string of the molecule is COc1ccc(-c2c(C#N)c(N)[nH+]c3c2CCCCC3)c(OC)c1. The summed E-state index contributed by atoms with van der Waals surface area (Å²) in [4.78, 5) is 3.25. The molecule has 0 atom stereocenters. The molecule has 124 valence electrons. The molecule has 5 heteroatoms. The Morgan fingerprint density at radius 3 is 2.62 bits per heavy atom. The summed E-state index contributed by atoms with van der Waals surface area (Å²) in [5.41, 5.74) is 10.7. The molecule has 0 radical (unpaired) electrons. The number of anilines is 1. The van der Waals surface area contributed by atoms with Gasteiger partial charge < -0.3 is 9.47 Å². The van der Waals surface area contributed by atoms with E-state index in [9.17, 15) is 5.26 Å². The lowest BCUT2D eigenvalue weighted by molar-refractivity contribution is -0.373. The first-order valence-electron chi connectivity index (χ1n) is 8.18. The molecule has 5 nitrogen and oxygen atoms in total. The zero-order valence-electron chi connectivity index (χ0n) is 14.1. The maximum absolute atomic E-state index is 9.68. The summed E-state index contributed by atoms with van der Waals surface area (Å²) in [6, 6.07) is 7.94. The van der Waals surface area contributed by atoms with Crippen LogP contribution in [0.1, 0.15) is 36.1 Å². The lowest BCUT2D eigenvalue weighted by Crippen LogP contribution is -2.22. The van der Waals surface area contributed by atoms with E-state index in [2.05, 4.69) is 11.1 Å². The van der Waals surface area contributed by atoms with Crippen molar-refractivity contribution in [1.82, 2.24) is 0 Å². The van der Waals surface area contributed by atoms with Gasteiger partial charge in [0.1, 0.15) is 28.8 Å². The summed E-state index contributed by atoms with van der Waals surface area (Å²) in [7, 11) is 3.25. The molecular formula is C19H22N3O2+. The van der Waals surface area contributed by atoms with E-state index in [1.807, 2.05) is 18.2 Å². The van der Waals surface area contributed by atoms with E-state index in [0.717, 1.165) is 48.3 Å². The van der Waals surface area contributed by atoms with Crippen molar-refractivity contribution in [1.29, 1.82) is 5.26 Å². The number of benzene rings is 1. The molecule has 0 bridgehead atoms. The van der Waals surface area contributed by atoms with Gasteiger partial charge in [0.15, 0.2) is 0 Å². The van der Waals surface area contributed by atoms with Crippen LogP contribution in [-0.2, 0) is 12.8 Å². The van der Waals surface area contributed by atoms with Crippen LogP contribution in [0.25, 0.3) is 11.1 Å². The lowest BCUT2D eigenvalue weighted by atomic mass is 9.91. The van der Waals surface area contributed by atoms with Crippen molar-refractivity contribution in [3.8, 4) is 28.7 Å². The van der Waals surface area contributed by atoms with Crippen molar-refractivity contribution < 1.29 is 14.5 Å². The Morgan fingerprint density at radius 1 is 1.12 bits per heavy atom. The third-order valence-corrected chi connectivity index (χ3v) is 4.61. The molecule has 2 aromatic rings. The monoisotopic (exact) mass is 324 g/mol. The molecule has 0 aliphatic heterocycles. The standard InChI is InChI=1S/C19H21N3O2/c1-23-12-8-9-14(17(10-12)24-2)18-13-6-4-3-5-7-16(13)22-19(21)15(18)11-20/h8-10H,3-7H2,1-2H3,(H2,21,22)/p+1. The van der Waals surface area contributed by atoms with Crippen molar-refractivity contribution in [3.05, 3.63) is 35.0 Å². The number of ether oxygens (including phenoxy) is 2. The fourth-order valence-corrected chi connectivity index (χ4v) is 3.42. The maximum atomic E-state index is 9.68. The molecule has 0 fully saturated rings. The molecule has 3 N–H and O–H groups in total. The Bertz CT molecular complexity index is 809. The van der Waals surface area contributed by atoms with Crippen LogP contribution < -0.4 is 20.2 Å². The summed E-state index contributed by atoms with van der Waals surface area (Å²) < 4.78 is 10.8. The number of nitrogens with two attached hydrogens (primary N) is 1. The number of nitriles is 1. The van der Waals surface area contributed by atoms with Crippen LogP contribution in [0.15, 0.2) is 18.2 Å². The fourth-order valence-electron chi connectivity index (χ4n) is 3.42. The Hall–Kier alpha value is -2.74. The van der Waals surface area contributed by atoms with Crippen LogP contribution in [0, 0.1) is 11.3 Å². The predicted octanol–water partition coefficient (Wildman–Crippen LogP) is 2.91. The number of nitrogens with zero attached hydrogens (tertiary/aromatic N) is 1. The van der Waals surface area contributed by atoms with Gasteiger partial charge in [0, 0.05) is 29.2 Å². The number of aromatic amines is 1. The highest BCUT2D eigenvalue weighted by atomic mass is 16.5. The number of rotatable bonds is 3. The molecule has 0 saturated heterocycles. The average Bonchev–Trinajstić information content (AvgIpc) is 2.85. The smallest absolute Gasteiger partial charge is 0.289 e. The largest absolute Gasteiger partial charge is 0.497 e.